The summed E-state index contributed by atoms with van der Waals surface area (Å²) in [6, 6.07) is 9.56. The van der Waals surface area contributed by atoms with E-state index in [9.17, 15) is 19.3 Å². The molecule has 0 unspecified atom stereocenters. The van der Waals surface area contributed by atoms with Crippen LogP contribution >= 0.6 is 12.2 Å². The quantitative estimate of drug-likeness (QED) is 0.512. The number of nitro benzene ring substituents is 1. The maximum atomic E-state index is 13.4. The van der Waals surface area contributed by atoms with Crippen molar-refractivity contribution in [1.82, 2.24) is 5.32 Å². The molecule has 23 heavy (non-hydrogen) atoms. The highest BCUT2D eigenvalue weighted by molar-refractivity contribution is 7.80. The first-order valence-corrected chi connectivity index (χ1v) is 6.90. The lowest BCUT2D eigenvalue weighted by Crippen LogP contribution is -2.34. The van der Waals surface area contributed by atoms with E-state index in [4.69, 9.17) is 12.2 Å². The molecule has 0 radical (unpaired) electrons. The Bertz CT molecular complexity index is 778. The normalized spacial score (nSPS) is 10.0. The van der Waals surface area contributed by atoms with Crippen molar-refractivity contribution in [3.05, 3.63) is 69.5 Å². The maximum absolute atomic E-state index is 13.4. The van der Waals surface area contributed by atoms with Gasteiger partial charge in [-0.05, 0) is 49.0 Å². The standard InChI is InChI=1S/C15H12FN3O3S/c1-9-2-5-11(8-13(9)16)17-15(23)18-14(20)10-3-6-12(7-4-10)19(21)22/h2-8H,1H3,(H2,17,18,20,23). The molecule has 1 amide bonds. The number of rotatable bonds is 3. The van der Waals surface area contributed by atoms with E-state index < -0.39 is 10.8 Å². The molecule has 0 atom stereocenters. The highest BCUT2D eigenvalue weighted by Gasteiger charge is 2.11. The summed E-state index contributed by atoms with van der Waals surface area (Å²) in [6.07, 6.45) is 0. The molecular weight excluding hydrogens is 321 g/mol. The highest BCUT2D eigenvalue weighted by Crippen LogP contribution is 2.14. The molecule has 0 aliphatic rings. The lowest BCUT2D eigenvalue weighted by molar-refractivity contribution is -0.384. The number of thiocarbonyl (C=S) groups is 1. The van der Waals surface area contributed by atoms with Crippen LogP contribution in [0.15, 0.2) is 42.5 Å². The van der Waals surface area contributed by atoms with Gasteiger partial charge in [-0.2, -0.15) is 0 Å². The van der Waals surface area contributed by atoms with Crippen LogP contribution in [0, 0.1) is 22.9 Å². The van der Waals surface area contributed by atoms with Gasteiger partial charge in [-0.25, -0.2) is 4.39 Å². The van der Waals surface area contributed by atoms with Crippen LogP contribution in [0.1, 0.15) is 15.9 Å². The molecule has 0 heterocycles. The smallest absolute Gasteiger partial charge is 0.269 e. The van der Waals surface area contributed by atoms with Gasteiger partial charge < -0.3 is 5.32 Å². The summed E-state index contributed by atoms with van der Waals surface area (Å²) in [6.45, 7) is 1.63. The molecule has 0 aromatic heterocycles. The van der Waals surface area contributed by atoms with Crippen molar-refractivity contribution in [3.63, 3.8) is 0 Å². The molecule has 0 aliphatic heterocycles. The molecule has 0 aliphatic carbocycles. The van der Waals surface area contributed by atoms with Crippen LogP contribution in [0.25, 0.3) is 0 Å². The number of carbonyl (C=O) groups excluding carboxylic acids is 1. The number of hydrogen-bond acceptors (Lipinski definition) is 4. The van der Waals surface area contributed by atoms with Gasteiger partial charge in [-0.1, -0.05) is 6.07 Å². The Hall–Kier alpha value is -2.87. The highest BCUT2D eigenvalue weighted by atomic mass is 32.1. The first-order valence-electron chi connectivity index (χ1n) is 6.50. The summed E-state index contributed by atoms with van der Waals surface area (Å²) >= 11 is 4.98. The summed E-state index contributed by atoms with van der Waals surface area (Å²) in [4.78, 5) is 22.0. The minimum Gasteiger partial charge on any atom is -0.332 e. The van der Waals surface area contributed by atoms with Crippen LogP contribution in [0.2, 0.25) is 0 Å². The minimum absolute atomic E-state index is 0.00314. The number of carbonyl (C=O) groups is 1. The van der Waals surface area contributed by atoms with Gasteiger partial charge in [-0.15, -0.1) is 0 Å². The molecule has 0 saturated carbocycles. The summed E-state index contributed by atoms with van der Waals surface area (Å²) in [5.41, 5.74) is 1.01. The molecule has 2 rings (SSSR count). The van der Waals surface area contributed by atoms with Gasteiger partial charge in [0.25, 0.3) is 11.6 Å². The Balaban J connectivity index is 2.00. The molecule has 118 valence electrons. The number of nitrogens with one attached hydrogen (secondary N) is 2. The van der Waals surface area contributed by atoms with Gasteiger partial charge in [0.05, 0.1) is 4.92 Å². The van der Waals surface area contributed by atoms with Crippen molar-refractivity contribution < 1.29 is 14.1 Å². The van der Waals surface area contributed by atoms with E-state index in [0.29, 0.717) is 11.3 Å². The number of hydrogen-bond donors (Lipinski definition) is 2. The Labute approximate surface area is 136 Å². The van der Waals surface area contributed by atoms with Crippen LogP contribution < -0.4 is 10.6 Å². The van der Waals surface area contributed by atoms with Gasteiger partial charge in [0, 0.05) is 23.4 Å². The second-order valence-electron chi connectivity index (χ2n) is 4.68. The number of anilines is 1. The molecule has 2 aromatic carbocycles. The number of nitrogens with zero attached hydrogens (tertiary/aromatic N) is 1. The fourth-order valence-corrected chi connectivity index (χ4v) is 1.95. The van der Waals surface area contributed by atoms with E-state index in [0.717, 1.165) is 0 Å². The number of benzene rings is 2. The number of halogens is 1. The zero-order chi connectivity index (χ0) is 17.0. The SMILES string of the molecule is Cc1ccc(NC(=S)NC(=O)c2ccc([N+](=O)[O-])cc2)cc1F. The maximum Gasteiger partial charge on any atom is 0.269 e. The Morgan fingerprint density at radius 3 is 2.43 bits per heavy atom. The minimum atomic E-state index is -0.556. The Morgan fingerprint density at radius 1 is 1.22 bits per heavy atom. The number of amides is 1. The average Bonchev–Trinajstić information content (AvgIpc) is 2.51. The van der Waals surface area contributed by atoms with Crippen LogP contribution in [-0.4, -0.2) is 15.9 Å². The monoisotopic (exact) mass is 333 g/mol. The van der Waals surface area contributed by atoms with E-state index in [-0.39, 0.29) is 22.2 Å². The predicted molar refractivity (Wildman–Crippen MR) is 87.9 cm³/mol. The van der Waals surface area contributed by atoms with Crippen molar-refractivity contribution >= 4 is 34.6 Å². The van der Waals surface area contributed by atoms with E-state index >= 15 is 0 Å². The molecule has 8 heteroatoms. The van der Waals surface area contributed by atoms with Gasteiger partial charge >= 0.3 is 0 Å². The molecule has 0 fully saturated rings. The average molecular weight is 333 g/mol. The van der Waals surface area contributed by atoms with E-state index in [1.807, 2.05) is 0 Å². The Morgan fingerprint density at radius 2 is 1.87 bits per heavy atom. The molecule has 2 N–H and O–H groups in total. The molecule has 6 nitrogen and oxygen atoms in total. The van der Waals surface area contributed by atoms with Crippen LogP contribution in [-0.2, 0) is 0 Å². The Kier molecular flexibility index (Phi) is 4.97. The fraction of sp³-hybridized carbons (Fsp3) is 0.0667. The van der Waals surface area contributed by atoms with Crippen molar-refractivity contribution in [1.29, 1.82) is 0 Å². The lowest BCUT2D eigenvalue weighted by atomic mass is 10.2. The van der Waals surface area contributed by atoms with E-state index in [1.54, 1.807) is 19.1 Å². The van der Waals surface area contributed by atoms with Gasteiger partial charge in [0.15, 0.2) is 5.11 Å². The van der Waals surface area contributed by atoms with Crippen LogP contribution in [0.3, 0.4) is 0 Å². The van der Waals surface area contributed by atoms with Gasteiger partial charge in [-0.3, -0.25) is 20.2 Å². The first kappa shape index (κ1) is 16.5. The molecule has 2 aromatic rings. The third-order valence-corrected chi connectivity index (χ3v) is 3.20. The fourth-order valence-electron chi connectivity index (χ4n) is 1.74. The predicted octanol–water partition coefficient (Wildman–Crippen LogP) is 3.17. The first-order chi connectivity index (χ1) is 10.9. The van der Waals surface area contributed by atoms with Gasteiger partial charge in [0.1, 0.15) is 5.82 Å². The number of nitro groups is 1. The third kappa shape index (κ3) is 4.30. The van der Waals surface area contributed by atoms with E-state index in [1.165, 1.54) is 30.3 Å². The zero-order valence-corrected chi connectivity index (χ0v) is 12.8. The number of non-ortho nitro benzene ring substituents is 1. The van der Waals surface area contributed by atoms with Crippen molar-refractivity contribution in [2.24, 2.45) is 0 Å². The van der Waals surface area contributed by atoms with Crippen molar-refractivity contribution in [2.75, 3.05) is 5.32 Å². The topological polar surface area (TPSA) is 84.3 Å². The molecule has 0 spiro atoms. The third-order valence-electron chi connectivity index (χ3n) is 3.00. The summed E-state index contributed by atoms with van der Waals surface area (Å²) in [7, 11) is 0. The zero-order valence-electron chi connectivity index (χ0n) is 12.0. The lowest BCUT2D eigenvalue weighted by Gasteiger charge is -2.10. The summed E-state index contributed by atoms with van der Waals surface area (Å²) in [5.74, 6) is -0.913. The molecule has 0 bridgehead atoms. The van der Waals surface area contributed by atoms with Crippen LogP contribution in [0.4, 0.5) is 15.8 Å². The molecule has 0 saturated heterocycles. The summed E-state index contributed by atoms with van der Waals surface area (Å²) < 4.78 is 13.4. The second-order valence-corrected chi connectivity index (χ2v) is 5.08. The summed E-state index contributed by atoms with van der Waals surface area (Å²) in [5, 5.41) is 15.7. The largest absolute Gasteiger partial charge is 0.332 e. The second kappa shape index (κ2) is 6.93. The van der Waals surface area contributed by atoms with Crippen LogP contribution in [0.5, 0.6) is 0 Å². The number of aryl methyl sites for hydroxylation is 1. The van der Waals surface area contributed by atoms with Crippen molar-refractivity contribution in [2.45, 2.75) is 6.92 Å². The van der Waals surface area contributed by atoms with E-state index in [2.05, 4.69) is 10.6 Å². The van der Waals surface area contributed by atoms with Gasteiger partial charge in [0.2, 0.25) is 0 Å². The molecular formula is C15H12FN3O3S. The van der Waals surface area contributed by atoms with Crippen molar-refractivity contribution in [3.8, 4) is 0 Å².